The highest BCUT2D eigenvalue weighted by atomic mass is 19.2. The van der Waals surface area contributed by atoms with E-state index in [1.54, 1.807) is 12.1 Å². The van der Waals surface area contributed by atoms with Crippen LogP contribution in [0.1, 0.15) is 22.8 Å². The summed E-state index contributed by atoms with van der Waals surface area (Å²) in [5.41, 5.74) is 1.86. The Hall–Kier alpha value is -2.43. The molecular weight excluding hydrogens is 274 g/mol. The summed E-state index contributed by atoms with van der Waals surface area (Å²) in [6.45, 7) is 4.48. The van der Waals surface area contributed by atoms with Gasteiger partial charge in [-0.2, -0.15) is 0 Å². The maximum absolute atomic E-state index is 13.6. The molecule has 2 rings (SSSR count). The van der Waals surface area contributed by atoms with Crippen molar-refractivity contribution in [3.63, 3.8) is 0 Å². The number of carbonyl (C=O) groups excluding carboxylic acids is 1. The Kier molecular flexibility index (Phi) is 4.52. The van der Waals surface area contributed by atoms with Crippen molar-refractivity contribution < 1.29 is 13.6 Å². The molecule has 0 aliphatic heterocycles. The molecule has 110 valence electrons. The Labute approximate surface area is 122 Å². The molecule has 0 unspecified atom stereocenters. The minimum absolute atomic E-state index is 0.178. The molecule has 0 aliphatic rings. The van der Waals surface area contributed by atoms with Gasteiger partial charge in [0.05, 0.1) is 11.3 Å². The maximum Gasteiger partial charge on any atom is 0.257 e. The van der Waals surface area contributed by atoms with Crippen LogP contribution in [0.25, 0.3) is 0 Å². The topological polar surface area (TPSA) is 41.1 Å². The fourth-order valence-corrected chi connectivity index (χ4v) is 1.98. The standard InChI is InChI=1S/C16H16F2N2O/c1-3-19-14-9-10(2)7-8-11(14)16(21)20-13-6-4-5-12(17)15(13)18/h4-9,19H,3H2,1-2H3,(H,20,21). The summed E-state index contributed by atoms with van der Waals surface area (Å²) >= 11 is 0. The molecule has 0 atom stereocenters. The molecule has 1 amide bonds. The number of amides is 1. The van der Waals surface area contributed by atoms with E-state index in [9.17, 15) is 13.6 Å². The third-order valence-electron chi connectivity index (χ3n) is 2.99. The molecule has 0 radical (unpaired) electrons. The van der Waals surface area contributed by atoms with Gasteiger partial charge in [0, 0.05) is 12.2 Å². The van der Waals surface area contributed by atoms with E-state index in [2.05, 4.69) is 10.6 Å². The second-order valence-corrected chi connectivity index (χ2v) is 4.63. The molecule has 0 saturated heterocycles. The van der Waals surface area contributed by atoms with Gasteiger partial charge in [0.1, 0.15) is 0 Å². The molecular formula is C16H16F2N2O. The molecule has 0 saturated carbocycles. The second kappa shape index (κ2) is 6.35. The molecule has 2 aromatic rings. The normalized spacial score (nSPS) is 10.3. The summed E-state index contributed by atoms with van der Waals surface area (Å²) in [4.78, 5) is 12.2. The van der Waals surface area contributed by atoms with E-state index in [1.807, 2.05) is 19.9 Å². The molecule has 0 aromatic heterocycles. The third-order valence-corrected chi connectivity index (χ3v) is 2.99. The SMILES string of the molecule is CCNc1cc(C)ccc1C(=O)Nc1cccc(F)c1F. The molecule has 0 spiro atoms. The minimum atomic E-state index is -1.07. The van der Waals surface area contributed by atoms with Crippen LogP contribution in [0.4, 0.5) is 20.2 Å². The van der Waals surface area contributed by atoms with Crippen molar-refractivity contribution in [2.45, 2.75) is 13.8 Å². The highest BCUT2D eigenvalue weighted by molar-refractivity contribution is 6.08. The molecule has 2 aromatic carbocycles. The number of aryl methyl sites for hydroxylation is 1. The summed E-state index contributed by atoms with van der Waals surface area (Å²) in [7, 11) is 0. The molecule has 0 aliphatic carbocycles. The van der Waals surface area contributed by atoms with Crippen LogP contribution in [-0.4, -0.2) is 12.5 Å². The summed E-state index contributed by atoms with van der Waals surface area (Å²) in [6.07, 6.45) is 0. The van der Waals surface area contributed by atoms with Gasteiger partial charge in [0.15, 0.2) is 11.6 Å². The van der Waals surface area contributed by atoms with Gasteiger partial charge in [0.2, 0.25) is 0 Å². The van der Waals surface area contributed by atoms with Crippen LogP contribution in [0.15, 0.2) is 36.4 Å². The number of hydrogen-bond acceptors (Lipinski definition) is 2. The van der Waals surface area contributed by atoms with Crippen LogP contribution in [-0.2, 0) is 0 Å². The lowest BCUT2D eigenvalue weighted by Crippen LogP contribution is -2.16. The Balaban J connectivity index is 2.30. The number of nitrogens with one attached hydrogen (secondary N) is 2. The number of benzene rings is 2. The van der Waals surface area contributed by atoms with Gasteiger partial charge in [0.25, 0.3) is 5.91 Å². The Morgan fingerprint density at radius 1 is 1.14 bits per heavy atom. The molecule has 3 nitrogen and oxygen atoms in total. The average molecular weight is 290 g/mol. The van der Waals surface area contributed by atoms with Gasteiger partial charge >= 0.3 is 0 Å². The lowest BCUT2D eigenvalue weighted by molar-refractivity contribution is 0.102. The fourth-order valence-electron chi connectivity index (χ4n) is 1.98. The van der Waals surface area contributed by atoms with Crippen LogP contribution < -0.4 is 10.6 Å². The molecule has 0 fully saturated rings. The second-order valence-electron chi connectivity index (χ2n) is 4.63. The molecule has 5 heteroatoms. The van der Waals surface area contributed by atoms with Crippen LogP contribution >= 0.6 is 0 Å². The van der Waals surface area contributed by atoms with E-state index >= 15 is 0 Å². The van der Waals surface area contributed by atoms with E-state index in [0.717, 1.165) is 11.6 Å². The summed E-state index contributed by atoms with van der Waals surface area (Å²) < 4.78 is 26.7. The zero-order valence-corrected chi connectivity index (χ0v) is 11.8. The number of halogens is 2. The third kappa shape index (κ3) is 3.37. The highest BCUT2D eigenvalue weighted by Gasteiger charge is 2.15. The van der Waals surface area contributed by atoms with Gasteiger partial charge in [-0.15, -0.1) is 0 Å². The van der Waals surface area contributed by atoms with Gasteiger partial charge in [-0.3, -0.25) is 4.79 Å². The zero-order chi connectivity index (χ0) is 15.4. The zero-order valence-electron chi connectivity index (χ0n) is 11.8. The molecule has 2 N–H and O–H groups in total. The fraction of sp³-hybridized carbons (Fsp3) is 0.188. The van der Waals surface area contributed by atoms with Crippen molar-refractivity contribution >= 4 is 17.3 Å². The van der Waals surface area contributed by atoms with Crippen LogP contribution in [0.2, 0.25) is 0 Å². The highest BCUT2D eigenvalue weighted by Crippen LogP contribution is 2.21. The number of rotatable bonds is 4. The van der Waals surface area contributed by atoms with Crippen molar-refractivity contribution in [2.24, 2.45) is 0 Å². The van der Waals surface area contributed by atoms with E-state index in [0.29, 0.717) is 17.8 Å². The molecule has 0 heterocycles. The first-order chi connectivity index (χ1) is 10.0. The van der Waals surface area contributed by atoms with Gasteiger partial charge < -0.3 is 10.6 Å². The van der Waals surface area contributed by atoms with Crippen molar-refractivity contribution in [3.05, 3.63) is 59.2 Å². The Bertz CT molecular complexity index is 671. The lowest BCUT2D eigenvalue weighted by Gasteiger charge is -2.12. The van der Waals surface area contributed by atoms with Gasteiger partial charge in [-0.1, -0.05) is 12.1 Å². The van der Waals surface area contributed by atoms with Crippen LogP contribution in [0, 0.1) is 18.6 Å². The summed E-state index contributed by atoms with van der Waals surface area (Å²) in [6, 6.07) is 8.94. The molecule has 0 bridgehead atoms. The van der Waals surface area contributed by atoms with Crippen molar-refractivity contribution in [2.75, 3.05) is 17.2 Å². The first kappa shape index (κ1) is 15.0. The van der Waals surface area contributed by atoms with E-state index < -0.39 is 17.5 Å². The lowest BCUT2D eigenvalue weighted by atomic mass is 10.1. The van der Waals surface area contributed by atoms with Crippen molar-refractivity contribution in [1.29, 1.82) is 0 Å². The first-order valence-corrected chi connectivity index (χ1v) is 6.62. The van der Waals surface area contributed by atoms with Crippen LogP contribution in [0.5, 0.6) is 0 Å². The Morgan fingerprint density at radius 3 is 2.62 bits per heavy atom. The smallest absolute Gasteiger partial charge is 0.257 e. The monoisotopic (exact) mass is 290 g/mol. The quantitative estimate of drug-likeness (QED) is 0.895. The largest absolute Gasteiger partial charge is 0.385 e. The summed E-state index contributed by atoms with van der Waals surface area (Å²) in [5.74, 6) is -2.55. The predicted molar refractivity (Wildman–Crippen MR) is 79.7 cm³/mol. The maximum atomic E-state index is 13.6. The number of carbonyl (C=O) groups is 1. The van der Waals surface area contributed by atoms with Crippen molar-refractivity contribution in [3.8, 4) is 0 Å². The predicted octanol–water partition coefficient (Wildman–Crippen LogP) is 3.96. The van der Waals surface area contributed by atoms with Crippen LogP contribution in [0.3, 0.4) is 0 Å². The average Bonchev–Trinajstić information content (AvgIpc) is 2.44. The molecule has 21 heavy (non-hydrogen) atoms. The summed E-state index contributed by atoms with van der Waals surface area (Å²) in [5, 5.41) is 5.47. The first-order valence-electron chi connectivity index (χ1n) is 6.62. The van der Waals surface area contributed by atoms with E-state index in [1.165, 1.54) is 12.1 Å². The number of hydrogen-bond donors (Lipinski definition) is 2. The number of anilines is 2. The minimum Gasteiger partial charge on any atom is -0.385 e. The Morgan fingerprint density at radius 2 is 1.90 bits per heavy atom. The van der Waals surface area contributed by atoms with Crippen molar-refractivity contribution in [1.82, 2.24) is 0 Å². The van der Waals surface area contributed by atoms with Gasteiger partial charge in [-0.25, -0.2) is 8.78 Å². The van der Waals surface area contributed by atoms with E-state index in [4.69, 9.17) is 0 Å². The van der Waals surface area contributed by atoms with Gasteiger partial charge in [-0.05, 0) is 43.7 Å². The van der Waals surface area contributed by atoms with E-state index in [-0.39, 0.29) is 5.69 Å².